The molecule has 0 radical (unpaired) electrons. The second-order valence-corrected chi connectivity index (χ2v) is 20.1. The number of hydrogen-bond acceptors (Lipinski definition) is 11. The van der Waals surface area contributed by atoms with Crippen molar-refractivity contribution in [3.05, 3.63) is 141 Å². The maximum absolute atomic E-state index is 13.1. The van der Waals surface area contributed by atoms with Crippen LogP contribution in [0.25, 0.3) is 0 Å². The summed E-state index contributed by atoms with van der Waals surface area (Å²) in [6.07, 6.45) is -3.81. The number of amides is 6. The minimum absolute atomic E-state index is 0.0418. The van der Waals surface area contributed by atoms with E-state index in [9.17, 15) is 58.8 Å². The number of rotatable bonds is 9. The van der Waals surface area contributed by atoms with Crippen molar-refractivity contribution in [3.8, 4) is 5.75 Å². The molecular weight excluding hydrogens is 976 g/mol. The van der Waals surface area contributed by atoms with E-state index in [0.717, 1.165) is 28.0 Å². The highest BCUT2D eigenvalue weighted by Gasteiger charge is 2.46. The molecule has 4 aromatic carbocycles. The molecule has 2 saturated heterocycles. The number of halogens is 4. The van der Waals surface area contributed by atoms with E-state index in [1.165, 1.54) is 30.3 Å². The Bertz CT molecular complexity index is 3050. The number of hydrogen-bond donors (Lipinski definition) is 3. The van der Waals surface area contributed by atoms with Crippen LogP contribution in [0.15, 0.2) is 112 Å². The van der Waals surface area contributed by atoms with Gasteiger partial charge in [0.25, 0.3) is 33.7 Å². The molecule has 4 aliphatic heterocycles. The lowest BCUT2D eigenvalue weighted by molar-refractivity contribution is -0.275. The Morgan fingerprint density at radius 1 is 0.712 bits per heavy atom. The van der Waals surface area contributed by atoms with Gasteiger partial charge in [0.05, 0.1) is 32.9 Å². The Hall–Kier alpha value is -6.65. The zero-order valence-corrected chi connectivity index (χ0v) is 38.0. The van der Waals surface area contributed by atoms with Crippen molar-refractivity contribution in [2.24, 2.45) is 0 Å². The van der Waals surface area contributed by atoms with Crippen LogP contribution >= 0.6 is 15.9 Å². The van der Waals surface area contributed by atoms with Crippen LogP contribution in [0.5, 0.6) is 5.75 Å². The highest BCUT2D eigenvalue weighted by Crippen LogP contribution is 2.36. The quantitative estimate of drug-likeness (QED) is 0.160. The fourth-order valence-corrected chi connectivity index (χ4v) is 11.4. The fraction of sp³-hybridized carbons (Fsp3) is 0.227. The third kappa shape index (κ3) is 9.38. The summed E-state index contributed by atoms with van der Waals surface area (Å²) in [5.41, 5.74) is 2.65. The third-order valence-electron chi connectivity index (χ3n) is 10.9. The number of imide groups is 2. The van der Waals surface area contributed by atoms with Gasteiger partial charge in [-0.3, -0.25) is 43.3 Å². The van der Waals surface area contributed by atoms with Crippen molar-refractivity contribution in [1.29, 1.82) is 0 Å². The fourth-order valence-electron chi connectivity index (χ4n) is 8.00. The van der Waals surface area contributed by atoms with Gasteiger partial charge < -0.3 is 15.4 Å². The summed E-state index contributed by atoms with van der Waals surface area (Å²) >= 11 is 2.96. The van der Waals surface area contributed by atoms with Gasteiger partial charge in [-0.05, 0) is 105 Å². The van der Waals surface area contributed by atoms with Gasteiger partial charge in [0.15, 0.2) is 15.6 Å². The van der Waals surface area contributed by atoms with Crippen LogP contribution in [-0.2, 0) is 35.2 Å². The smallest absolute Gasteiger partial charge is 0.404 e. The first-order chi connectivity index (χ1) is 30.9. The maximum Gasteiger partial charge on any atom is 0.573 e. The van der Waals surface area contributed by atoms with Crippen LogP contribution in [0, 0.1) is 13.8 Å². The van der Waals surface area contributed by atoms with Crippen molar-refractivity contribution >= 4 is 76.9 Å². The number of piperidine rings is 2. The highest BCUT2D eigenvalue weighted by atomic mass is 79.9. The number of anilines is 1. The summed E-state index contributed by atoms with van der Waals surface area (Å²) in [4.78, 5) is 77.4. The highest BCUT2D eigenvalue weighted by molar-refractivity contribution is 9.10. The van der Waals surface area contributed by atoms with E-state index in [1.54, 1.807) is 38.1 Å². The number of sulfone groups is 1. The molecule has 4 aromatic rings. The maximum atomic E-state index is 13.1. The average molecular weight is 1010 g/mol. The summed E-state index contributed by atoms with van der Waals surface area (Å²) in [5, 5.41) is 5.08. The second kappa shape index (κ2) is 17.6. The molecule has 16 nitrogen and oxygen atoms in total. The van der Waals surface area contributed by atoms with Crippen LogP contribution in [0.1, 0.15) is 83.8 Å². The monoisotopic (exact) mass is 1010 g/mol. The molecule has 0 aromatic heterocycles. The second-order valence-electron chi connectivity index (χ2n) is 15.6. The molecule has 66 heavy (non-hydrogen) atoms. The topological polar surface area (TPSA) is 222 Å². The molecule has 344 valence electrons. The van der Waals surface area contributed by atoms with Gasteiger partial charge in [-0.15, -0.1) is 13.2 Å². The molecule has 3 N–H and O–H groups in total. The van der Waals surface area contributed by atoms with Gasteiger partial charge in [0.1, 0.15) is 17.0 Å². The number of sulfonamides is 1. The van der Waals surface area contributed by atoms with Crippen LogP contribution in [0.3, 0.4) is 0 Å². The van der Waals surface area contributed by atoms with Gasteiger partial charge in [0.2, 0.25) is 11.8 Å². The number of aryl methyl sites for hydroxylation is 2. The number of carbonyl (C=O) groups is 6. The van der Waals surface area contributed by atoms with Crippen LogP contribution in [-0.4, -0.2) is 80.5 Å². The lowest BCUT2D eigenvalue weighted by Gasteiger charge is -2.29. The number of nitrogens with one attached hydrogen (secondary N) is 3. The predicted molar refractivity (Wildman–Crippen MR) is 233 cm³/mol. The molecule has 0 aliphatic carbocycles. The average Bonchev–Trinajstić information content (AvgIpc) is 3.59. The number of ether oxygens (including phenoxy) is 1. The minimum Gasteiger partial charge on any atom is -0.404 e. The Morgan fingerprint density at radius 3 is 1.73 bits per heavy atom. The molecule has 2 unspecified atom stereocenters. The molecule has 22 heteroatoms. The lowest BCUT2D eigenvalue weighted by atomic mass is 10.0. The van der Waals surface area contributed by atoms with E-state index in [4.69, 9.17) is 0 Å². The molecule has 4 heterocycles. The molecule has 0 saturated carbocycles. The molecule has 2 fully saturated rings. The third-order valence-corrected chi connectivity index (χ3v) is 14.8. The van der Waals surface area contributed by atoms with E-state index >= 15 is 0 Å². The number of benzene rings is 4. The Morgan fingerprint density at radius 2 is 1.21 bits per heavy atom. The number of allylic oxidation sites excluding steroid dienone is 2. The molecule has 8 rings (SSSR count). The number of alkyl halides is 3. The van der Waals surface area contributed by atoms with Crippen molar-refractivity contribution in [1.82, 2.24) is 20.4 Å². The first-order valence-corrected chi connectivity index (χ1v) is 23.7. The van der Waals surface area contributed by atoms with E-state index in [0.29, 0.717) is 47.3 Å². The normalized spacial score (nSPS) is 18.6. The summed E-state index contributed by atoms with van der Waals surface area (Å²) in [7, 11) is -8.27. The van der Waals surface area contributed by atoms with Crippen molar-refractivity contribution in [3.63, 3.8) is 0 Å². The summed E-state index contributed by atoms with van der Waals surface area (Å²) in [6, 6.07) is 14.2. The zero-order valence-electron chi connectivity index (χ0n) is 34.7. The van der Waals surface area contributed by atoms with E-state index in [1.807, 2.05) is 0 Å². The van der Waals surface area contributed by atoms with E-state index < -0.39 is 84.4 Å². The van der Waals surface area contributed by atoms with Crippen molar-refractivity contribution < 1.29 is 63.5 Å². The summed E-state index contributed by atoms with van der Waals surface area (Å²) < 4.78 is 96.2. The summed E-state index contributed by atoms with van der Waals surface area (Å²) in [5.74, 6) is -4.92. The largest absolute Gasteiger partial charge is 0.573 e. The molecule has 2 atom stereocenters. The first-order valence-electron chi connectivity index (χ1n) is 19.7. The van der Waals surface area contributed by atoms with Crippen LogP contribution in [0.2, 0.25) is 0 Å². The Balaban J connectivity index is 0.000000198. The van der Waals surface area contributed by atoms with Crippen molar-refractivity contribution in [2.45, 2.75) is 73.5 Å². The first kappa shape index (κ1) is 47.3. The number of carbonyl (C=O) groups excluding carboxylic acids is 6. The molecule has 0 spiro atoms. The minimum atomic E-state index is -5.15. The van der Waals surface area contributed by atoms with E-state index in [-0.39, 0.29) is 49.5 Å². The lowest BCUT2D eigenvalue weighted by Crippen LogP contribution is -2.51. The SMILES string of the molecule is C=C1CCC(N2C(=O)c3ccc(CS(=O)(=O)c4c(C)cccc4C)cc3C2=O)C(=O)N1.C=C1CCC(N2C(=O)c3ccc(NS(=O)(=O)c4ccc(Br)cc4OC(F)(F)F)cc3C2=O)C(=O)N1. The zero-order chi connectivity index (χ0) is 48.2. The predicted octanol–water partition coefficient (Wildman–Crippen LogP) is 6.20. The summed E-state index contributed by atoms with van der Waals surface area (Å²) in [6.45, 7) is 10.8. The van der Waals surface area contributed by atoms with Gasteiger partial charge in [-0.25, -0.2) is 16.8 Å². The number of nitrogens with zero attached hydrogens (tertiary/aromatic N) is 2. The van der Waals surface area contributed by atoms with Crippen LogP contribution < -0.4 is 20.1 Å². The van der Waals surface area contributed by atoms with Crippen molar-refractivity contribution in [2.75, 3.05) is 4.72 Å². The Labute approximate surface area is 384 Å². The standard InChI is InChI=1S/C23H22N2O5S.C21H15BrF3N3O6S/c1-13-5-4-6-14(2)20(13)31(29,30)12-16-8-9-17-18(11-16)23(28)25(22(17)27)19-10-7-15(3)24-21(19)26;1-10-2-6-15(18(29)26-10)28-19(30)13-5-4-12(9-14(13)20(28)31)27-35(32,33)17-7-3-11(22)8-16(17)34-21(23,24)25/h4-6,8-9,11,19H,3,7,10,12H2,1-2H3,(H,24,26);3-5,7-9,15,27H,1-2,6H2,(H,26,29). The van der Waals surface area contributed by atoms with Gasteiger partial charge in [0, 0.05) is 21.6 Å². The molecule has 6 amide bonds. The van der Waals surface area contributed by atoms with Gasteiger partial charge in [-0.2, -0.15) is 0 Å². The molecular formula is C44H37BrF3N5O11S2. The Kier molecular flexibility index (Phi) is 12.6. The number of fused-ring (bicyclic) bond motifs is 2. The van der Waals surface area contributed by atoms with Gasteiger partial charge in [-0.1, -0.05) is 53.4 Å². The molecule has 0 bridgehead atoms. The molecule has 4 aliphatic rings. The van der Waals surface area contributed by atoms with Crippen LogP contribution in [0.4, 0.5) is 18.9 Å². The van der Waals surface area contributed by atoms with E-state index in [2.05, 4.69) is 49.2 Å². The van der Waals surface area contributed by atoms with Gasteiger partial charge >= 0.3 is 6.36 Å².